The second kappa shape index (κ2) is 12.9. The number of benzene rings is 2. The second-order valence-electron chi connectivity index (χ2n) is 13.9. The van der Waals surface area contributed by atoms with Crippen molar-refractivity contribution in [3.8, 4) is 11.8 Å². The van der Waals surface area contributed by atoms with Gasteiger partial charge in [-0.15, -0.1) is 0 Å². The van der Waals surface area contributed by atoms with Crippen LogP contribution in [0.25, 0.3) is 27.7 Å². The van der Waals surface area contributed by atoms with Crippen molar-refractivity contribution in [3.63, 3.8) is 0 Å². The van der Waals surface area contributed by atoms with Crippen LogP contribution in [0.15, 0.2) is 35.3 Å². The maximum atomic E-state index is 17.7. The molecule has 1 unspecified atom stereocenters. The van der Waals surface area contributed by atoms with Gasteiger partial charge in [0.2, 0.25) is 0 Å². The maximum absolute atomic E-state index is 17.7. The Morgan fingerprint density at radius 1 is 1.10 bits per heavy atom. The van der Waals surface area contributed by atoms with Gasteiger partial charge >= 0.3 is 6.01 Å². The summed E-state index contributed by atoms with van der Waals surface area (Å²) in [5.74, 6) is -0.588. The second-order valence-corrected chi connectivity index (χ2v) is 13.9. The monoisotopic (exact) mass is 657 g/mol. The molecule has 4 aliphatic rings. The summed E-state index contributed by atoms with van der Waals surface area (Å²) in [4.78, 5) is 19.2. The van der Waals surface area contributed by atoms with Crippen LogP contribution in [-0.2, 0) is 6.42 Å². The van der Waals surface area contributed by atoms with Gasteiger partial charge in [-0.05, 0) is 119 Å². The molecule has 48 heavy (non-hydrogen) atoms. The molecule has 3 fully saturated rings. The highest BCUT2D eigenvalue weighted by Crippen LogP contribution is 2.48. The number of phenols is 1. The van der Waals surface area contributed by atoms with Crippen LogP contribution < -0.4 is 9.64 Å². The smallest absolute Gasteiger partial charge is 0.319 e. The largest absolute Gasteiger partial charge is 0.508 e. The number of hydrogen-bond donors (Lipinski definition) is 2. The van der Waals surface area contributed by atoms with Gasteiger partial charge < -0.3 is 19.8 Å². The fourth-order valence-electron chi connectivity index (χ4n) is 8.37. The van der Waals surface area contributed by atoms with Gasteiger partial charge in [-0.2, -0.15) is 9.97 Å². The Kier molecular flexibility index (Phi) is 8.74. The number of fused-ring (bicyclic) bond motifs is 3. The molecule has 0 radical (unpaired) electrons. The molecule has 254 valence electrons. The van der Waals surface area contributed by atoms with Crippen LogP contribution in [0.2, 0.25) is 0 Å². The summed E-state index contributed by atoms with van der Waals surface area (Å²) >= 11 is 0. The summed E-state index contributed by atoms with van der Waals surface area (Å²) in [6.07, 6.45) is 7.48. The van der Waals surface area contributed by atoms with Crippen LogP contribution >= 0.6 is 0 Å². The number of aliphatic hydroxyl groups is 1. The standard InChI is InChI=1S/C38H45F2N5O3/c1-5-26-29(39)12-11-23-18-25(47)19-28(30(23)26)31-33(40)35-32(27(6-2)34(31)41-22(3)4)36(44-15-7-10-24(46)20-44)43-37(42-35)48-21-38-13-8-16-45(38)17-9-14-38/h6,11-12,18-19,22,24,46-47H,5,7-10,13-17,20-21H2,1-4H3/b27-6-,41-34?. The average Bonchev–Trinajstić information content (AvgIpc) is 3.64. The third-order valence-corrected chi connectivity index (χ3v) is 10.5. The predicted octanol–water partition coefficient (Wildman–Crippen LogP) is 7.11. The highest BCUT2D eigenvalue weighted by atomic mass is 19.1. The van der Waals surface area contributed by atoms with Crippen LogP contribution in [0.4, 0.5) is 14.6 Å². The van der Waals surface area contributed by atoms with Gasteiger partial charge in [-0.3, -0.25) is 9.89 Å². The first kappa shape index (κ1) is 32.6. The molecule has 4 heterocycles. The Hall–Kier alpha value is -3.89. The minimum atomic E-state index is -0.638. The Morgan fingerprint density at radius 3 is 2.56 bits per heavy atom. The number of hydrogen-bond acceptors (Lipinski definition) is 8. The zero-order valence-electron chi connectivity index (χ0n) is 28.3. The van der Waals surface area contributed by atoms with Crippen molar-refractivity contribution in [2.75, 3.05) is 37.7 Å². The van der Waals surface area contributed by atoms with E-state index in [9.17, 15) is 10.2 Å². The highest BCUT2D eigenvalue weighted by Gasteiger charge is 2.45. The van der Waals surface area contributed by atoms with Crippen molar-refractivity contribution in [1.82, 2.24) is 14.9 Å². The molecule has 2 aromatic carbocycles. The van der Waals surface area contributed by atoms with Crippen molar-refractivity contribution >= 4 is 39.3 Å². The molecule has 0 saturated carbocycles. The number of allylic oxidation sites excluding steroid dienone is 3. The van der Waals surface area contributed by atoms with E-state index in [1.54, 1.807) is 12.1 Å². The Balaban J connectivity index is 1.49. The van der Waals surface area contributed by atoms with E-state index in [0.717, 1.165) is 45.2 Å². The number of aryl methyl sites for hydroxylation is 1. The summed E-state index contributed by atoms with van der Waals surface area (Å²) in [6.45, 7) is 11.1. The van der Waals surface area contributed by atoms with Gasteiger partial charge in [0, 0.05) is 30.3 Å². The summed E-state index contributed by atoms with van der Waals surface area (Å²) in [5.41, 5.74) is 2.46. The predicted molar refractivity (Wildman–Crippen MR) is 187 cm³/mol. The van der Waals surface area contributed by atoms with Gasteiger partial charge in [0.25, 0.3) is 0 Å². The van der Waals surface area contributed by atoms with Crippen LogP contribution in [0.5, 0.6) is 11.8 Å². The first-order valence-electron chi connectivity index (χ1n) is 17.5. The van der Waals surface area contributed by atoms with Crippen molar-refractivity contribution in [2.45, 2.75) is 90.3 Å². The molecule has 10 heteroatoms. The zero-order chi connectivity index (χ0) is 33.7. The third kappa shape index (κ3) is 5.56. The summed E-state index contributed by atoms with van der Waals surface area (Å²) in [6, 6.07) is 5.95. The molecule has 0 spiro atoms. The molecule has 3 saturated heterocycles. The zero-order valence-corrected chi connectivity index (χ0v) is 28.3. The first-order valence-corrected chi connectivity index (χ1v) is 17.5. The maximum Gasteiger partial charge on any atom is 0.319 e. The van der Waals surface area contributed by atoms with E-state index >= 15 is 8.78 Å². The van der Waals surface area contributed by atoms with E-state index in [1.165, 1.54) is 12.1 Å². The number of rotatable bonds is 7. The lowest BCUT2D eigenvalue weighted by Gasteiger charge is -2.35. The summed E-state index contributed by atoms with van der Waals surface area (Å²) in [5, 5.41) is 22.7. The number of ether oxygens (including phenoxy) is 1. The number of aliphatic imine (C=N–C) groups is 1. The molecule has 8 nitrogen and oxygen atoms in total. The lowest BCUT2D eigenvalue weighted by Crippen LogP contribution is -2.43. The number of anilines is 1. The van der Waals surface area contributed by atoms with Crippen molar-refractivity contribution in [2.24, 2.45) is 4.99 Å². The van der Waals surface area contributed by atoms with E-state index < -0.39 is 11.9 Å². The van der Waals surface area contributed by atoms with Crippen LogP contribution in [0.3, 0.4) is 0 Å². The van der Waals surface area contributed by atoms with E-state index in [2.05, 4.69) is 4.90 Å². The molecule has 2 N–H and O–H groups in total. The average molecular weight is 658 g/mol. The molecule has 0 bridgehead atoms. The molecular weight excluding hydrogens is 612 g/mol. The molecule has 1 aromatic heterocycles. The van der Waals surface area contributed by atoms with Gasteiger partial charge in [0.15, 0.2) is 5.83 Å². The van der Waals surface area contributed by atoms with Gasteiger partial charge in [-0.25, -0.2) is 8.78 Å². The Morgan fingerprint density at radius 2 is 1.88 bits per heavy atom. The molecule has 0 amide bonds. The molecule has 3 aliphatic heterocycles. The molecule has 7 rings (SSSR count). The van der Waals surface area contributed by atoms with Crippen molar-refractivity contribution in [3.05, 3.63) is 58.5 Å². The molecule has 3 aromatic rings. The minimum Gasteiger partial charge on any atom is -0.508 e. The molecule has 1 atom stereocenters. The van der Waals surface area contributed by atoms with Crippen molar-refractivity contribution in [1.29, 1.82) is 0 Å². The number of aliphatic hydroxyl groups excluding tert-OH is 1. The van der Waals surface area contributed by atoms with Crippen LogP contribution in [-0.4, -0.2) is 81.3 Å². The Labute approximate surface area is 280 Å². The fourth-order valence-corrected chi connectivity index (χ4v) is 8.37. The lowest BCUT2D eigenvalue weighted by molar-refractivity contribution is 0.107. The first-order chi connectivity index (χ1) is 23.1. The highest BCUT2D eigenvalue weighted by molar-refractivity contribution is 6.51. The molecular formula is C38H45F2N5O3. The van der Waals surface area contributed by atoms with Gasteiger partial charge in [-0.1, -0.05) is 19.1 Å². The number of nitrogens with zero attached hydrogens (tertiary/aromatic N) is 5. The number of phenolic OH excluding ortho intramolecular Hbond substituents is 1. The normalized spacial score (nSPS) is 22.8. The lowest BCUT2D eigenvalue weighted by atomic mass is 9.81. The van der Waals surface area contributed by atoms with E-state index in [-0.39, 0.29) is 40.4 Å². The SMILES string of the molecule is C/C=C1\C(=NC(C)C)C(c2cc(O)cc3ccc(F)c(CC)c23)=C(F)c2nc(OCC34CCCN3CCC4)nc(N3CCCC(O)C3)c21. The molecule has 1 aliphatic carbocycles. The third-order valence-electron chi connectivity index (χ3n) is 10.5. The van der Waals surface area contributed by atoms with Gasteiger partial charge in [0.1, 0.15) is 29.7 Å². The number of piperidine rings is 1. The van der Waals surface area contributed by atoms with Crippen LogP contribution in [0.1, 0.15) is 88.6 Å². The van der Waals surface area contributed by atoms with E-state index in [1.807, 2.05) is 38.7 Å². The van der Waals surface area contributed by atoms with Crippen LogP contribution in [0, 0.1) is 5.82 Å². The number of aromatic hydroxyl groups is 1. The van der Waals surface area contributed by atoms with Crippen molar-refractivity contribution < 1.29 is 23.7 Å². The number of β-amino-alcohol motifs (C(OH)–C–C–N with tert-alkyl or cyclic N) is 1. The summed E-state index contributed by atoms with van der Waals surface area (Å²) in [7, 11) is 0. The summed E-state index contributed by atoms with van der Waals surface area (Å²) < 4.78 is 39.4. The quantitative estimate of drug-likeness (QED) is 0.280. The van der Waals surface area contributed by atoms with E-state index in [0.29, 0.717) is 77.1 Å². The Bertz CT molecular complexity index is 1840. The van der Waals surface area contributed by atoms with E-state index in [4.69, 9.17) is 19.7 Å². The topological polar surface area (TPSA) is 94.3 Å². The fraction of sp³-hybridized carbons (Fsp3) is 0.500. The number of aromatic nitrogens is 2. The van der Waals surface area contributed by atoms with Gasteiger partial charge in [0.05, 0.1) is 22.9 Å². The minimum absolute atomic E-state index is 0.0603. The number of halogens is 2.